The van der Waals surface area contributed by atoms with Gasteiger partial charge in [0.1, 0.15) is 5.75 Å². The van der Waals surface area contributed by atoms with Gasteiger partial charge in [-0.25, -0.2) is 0 Å². The van der Waals surface area contributed by atoms with E-state index in [0.717, 1.165) is 48.7 Å². The fraction of sp³-hybridized carbons (Fsp3) is 0.350. The molecule has 0 radical (unpaired) electrons. The van der Waals surface area contributed by atoms with E-state index in [-0.39, 0.29) is 0 Å². The summed E-state index contributed by atoms with van der Waals surface area (Å²) in [6.07, 6.45) is 1.73. The lowest BCUT2D eigenvalue weighted by Gasteiger charge is -2.12. The van der Waals surface area contributed by atoms with Gasteiger partial charge in [-0.1, -0.05) is 18.2 Å². The van der Waals surface area contributed by atoms with E-state index in [1.165, 1.54) is 5.56 Å². The average molecular weight is 375 g/mol. The lowest BCUT2D eigenvalue weighted by atomic mass is 10.1. The van der Waals surface area contributed by atoms with Crippen LogP contribution in [-0.2, 0) is 12.8 Å². The zero-order valence-electron chi connectivity index (χ0n) is 15.5. The van der Waals surface area contributed by atoms with E-state index in [9.17, 15) is 0 Å². The molecule has 26 heavy (non-hydrogen) atoms. The summed E-state index contributed by atoms with van der Waals surface area (Å²) < 4.78 is 15.8. The topological polar surface area (TPSA) is 51.8 Å². The second-order valence-electron chi connectivity index (χ2n) is 5.72. The summed E-state index contributed by atoms with van der Waals surface area (Å²) >= 11 is 5.33. The molecule has 2 aromatic carbocycles. The van der Waals surface area contributed by atoms with Crippen LogP contribution in [0.1, 0.15) is 11.1 Å². The highest BCUT2D eigenvalue weighted by Crippen LogP contribution is 2.27. The number of methoxy groups -OCH3 is 3. The monoisotopic (exact) mass is 374 g/mol. The summed E-state index contributed by atoms with van der Waals surface area (Å²) in [4.78, 5) is 0. The summed E-state index contributed by atoms with van der Waals surface area (Å²) in [5.74, 6) is 2.35. The Hall–Kier alpha value is -2.47. The van der Waals surface area contributed by atoms with Gasteiger partial charge in [0, 0.05) is 13.1 Å². The van der Waals surface area contributed by atoms with Crippen LogP contribution in [0.3, 0.4) is 0 Å². The van der Waals surface area contributed by atoms with Crippen molar-refractivity contribution in [3.63, 3.8) is 0 Å². The summed E-state index contributed by atoms with van der Waals surface area (Å²) in [5.41, 5.74) is 2.37. The lowest BCUT2D eigenvalue weighted by molar-refractivity contribution is 0.354. The SMILES string of the molecule is COc1cccc(CCNC(=S)NCCc2ccc(OC)c(OC)c2)c1. The van der Waals surface area contributed by atoms with Crippen LogP contribution in [-0.4, -0.2) is 39.5 Å². The molecule has 2 aromatic rings. The van der Waals surface area contributed by atoms with Gasteiger partial charge < -0.3 is 24.8 Å². The third-order valence-corrected chi connectivity index (χ3v) is 4.27. The molecular weight excluding hydrogens is 348 g/mol. The van der Waals surface area contributed by atoms with Crippen LogP contribution in [0.4, 0.5) is 0 Å². The molecule has 0 atom stereocenters. The van der Waals surface area contributed by atoms with E-state index >= 15 is 0 Å². The van der Waals surface area contributed by atoms with Crippen molar-refractivity contribution in [1.82, 2.24) is 10.6 Å². The molecule has 140 valence electrons. The molecule has 0 saturated heterocycles. The van der Waals surface area contributed by atoms with Gasteiger partial charge in [0.05, 0.1) is 21.3 Å². The van der Waals surface area contributed by atoms with Gasteiger partial charge in [-0.3, -0.25) is 0 Å². The first-order chi connectivity index (χ1) is 12.7. The zero-order chi connectivity index (χ0) is 18.8. The highest BCUT2D eigenvalue weighted by molar-refractivity contribution is 7.80. The van der Waals surface area contributed by atoms with Crippen molar-refractivity contribution in [3.8, 4) is 17.2 Å². The van der Waals surface area contributed by atoms with Crippen molar-refractivity contribution >= 4 is 17.3 Å². The van der Waals surface area contributed by atoms with Gasteiger partial charge in [-0.05, 0) is 60.5 Å². The van der Waals surface area contributed by atoms with Crippen molar-refractivity contribution in [2.75, 3.05) is 34.4 Å². The molecule has 0 aromatic heterocycles. The molecule has 0 amide bonds. The average Bonchev–Trinajstić information content (AvgIpc) is 2.68. The molecule has 0 bridgehead atoms. The maximum Gasteiger partial charge on any atom is 0.166 e. The fourth-order valence-electron chi connectivity index (χ4n) is 2.57. The van der Waals surface area contributed by atoms with Gasteiger partial charge in [0.15, 0.2) is 16.6 Å². The van der Waals surface area contributed by atoms with Gasteiger partial charge in [0.25, 0.3) is 0 Å². The minimum absolute atomic E-state index is 0.661. The number of ether oxygens (including phenoxy) is 3. The van der Waals surface area contributed by atoms with Gasteiger partial charge in [-0.2, -0.15) is 0 Å². The van der Waals surface area contributed by atoms with E-state index in [1.807, 2.05) is 36.4 Å². The van der Waals surface area contributed by atoms with Crippen LogP contribution in [0.5, 0.6) is 17.2 Å². The zero-order valence-corrected chi connectivity index (χ0v) is 16.3. The van der Waals surface area contributed by atoms with Crippen LogP contribution in [0.25, 0.3) is 0 Å². The molecule has 0 aliphatic carbocycles. The Bertz CT molecular complexity index is 722. The number of hydrogen-bond acceptors (Lipinski definition) is 4. The first kappa shape index (κ1) is 19.8. The van der Waals surface area contributed by atoms with Gasteiger partial charge >= 0.3 is 0 Å². The minimum atomic E-state index is 0.661. The molecule has 0 spiro atoms. The normalized spacial score (nSPS) is 10.1. The standard InChI is InChI=1S/C20H26N2O3S/c1-23-17-6-4-5-15(13-17)9-11-21-20(26)22-12-10-16-7-8-18(24-2)19(14-16)25-3/h4-8,13-14H,9-12H2,1-3H3,(H2,21,22,26). The summed E-state index contributed by atoms with van der Waals surface area (Å²) in [6.45, 7) is 1.52. The predicted molar refractivity (Wildman–Crippen MR) is 109 cm³/mol. The Morgan fingerprint density at radius 2 is 1.46 bits per heavy atom. The quantitative estimate of drug-likeness (QED) is 0.658. The fourth-order valence-corrected chi connectivity index (χ4v) is 2.77. The molecule has 0 fully saturated rings. The Kier molecular flexibility index (Phi) is 8.02. The number of thiocarbonyl (C=S) groups is 1. The maximum absolute atomic E-state index is 5.33. The molecule has 2 N–H and O–H groups in total. The molecule has 6 heteroatoms. The second kappa shape index (κ2) is 10.5. The highest BCUT2D eigenvalue weighted by atomic mass is 32.1. The van der Waals surface area contributed by atoms with Gasteiger partial charge in [-0.15, -0.1) is 0 Å². The number of benzene rings is 2. The molecule has 5 nitrogen and oxygen atoms in total. The Labute approximate surface area is 160 Å². The summed E-state index contributed by atoms with van der Waals surface area (Å²) in [7, 11) is 4.95. The van der Waals surface area contributed by atoms with Crippen molar-refractivity contribution in [2.24, 2.45) is 0 Å². The Morgan fingerprint density at radius 3 is 2.08 bits per heavy atom. The van der Waals surface area contributed by atoms with Crippen LogP contribution >= 0.6 is 12.2 Å². The number of nitrogens with one attached hydrogen (secondary N) is 2. The van der Waals surface area contributed by atoms with Crippen molar-refractivity contribution in [1.29, 1.82) is 0 Å². The second-order valence-corrected chi connectivity index (χ2v) is 6.13. The van der Waals surface area contributed by atoms with E-state index in [1.54, 1.807) is 21.3 Å². The van der Waals surface area contributed by atoms with Crippen LogP contribution in [0.15, 0.2) is 42.5 Å². The number of rotatable bonds is 9. The highest BCUT2D eigenvalue weighted by Gasteiger charge is 2.04. The molecule has 0 saturated carbocycles. The predicted octanol–water partition coefficient (Wildman–Crippen LogP) is 2.96. The Morgan fingerprint density at radius 1 is 0.808 bits per heavy atom. The summed E-state index contributed by atoms with van der Waals surface area (Å²) in [6, 6.07) is 14.0. The first-order valence-corrected chi connectivity index (χ1v) is 8.92. The van der Waals surface area contributed by atoms with Gasteiger partial charge in [0.2, 0.25) is 0 Å². The van der Waals surface area contributed by atoms with E-state index < -0.39 is 0 Å². The van der Waals surface area contributed by atoms with Crippen LogP contribution in [0, 0.1) is 0 Å². The Balaban J connectivity index is 1.70. The van der Waals surface area contributed by atoms with Crippen molar-refractivity contribution in [2.45, 2.75) is 12.8 Å². The smallest absolute Gasteiger partial charge is 0.166 e. The number of hydrogen-bond donors (Lipinski definition) is 2. The lowest BCUT2D eigenvalue weighted by Crippen LogP contribution is -2.37. The molecule has 2 rings (SSSR count). The third-order valence-electron chi connectivity index (χ3n) is 3.98. The largest absolute Gasteiger partial charge is 0.497 e. The van der Waals surface area contributed by atoms with Crippen LogP contribution in [0.2, 0.25) is 0 Å². The van der Waals surface area contributed by atoms with Crippen LogP contribution < -0.4 is 24.8 Å². The van der Waals surface area contributed by atoms with E-state index in [2.05, 4.69) is 16.7 Å². The first-order valence-electron chi connectivity index (χ1n) is 8.51. The van der Waals surface area contributed by atoms with E-state index in [4.69, 9.17) is 26.4 Å². The van der Waals surface area contributed by atoms with Crippen molar-refractivity contribution in [3.05, 3.63) is 53.6 Å². The molecule has 0 aliphatic heterocycles. The maximum atomic E-state index is 5.33. The molecule has 0 unspecified atom stereocenters. The third kappa shape index (κ3) is 6.11. The molecule has 0 heterocycles. The molecule has 0 aliphatic rings. The van der Waals surface area contributed by atoms with E-state index in [0.29, 0.717) is 5.11 Å². The van der Waals surface area contributed by atoms with Crippen molar-refractivity contribution < 1.29 is 14.2 Å². The minimum Gasteiger partial charge on any atom is -0.497 e. The molecular formula is C20H26N2O3S. The summed E-state index contributed by atoms with van der Waals surface area (Å²) in [5, 5.41) is 7.12.